The van der Waals surface area contributed by atoms with Gasteiger partial charge in [-0.2, -0.15) is 17.0 Å². The van der Waals surface area contributed by atoms with E-state index in [2.05, 4.69) is 22.6 Å². The number of anilines is 1. The van der Waals surface area contributed by atoms with Gasteiger partial charge in [0.2, 0.25) is 0 Å². The lowest BCUT2D eigenvalue weighted by atomic mass is 9.95. The monoisotopic (exact) mass is 247 g/mol. The zero-order valence-electron chi connectivity index (χ0n) is 10.1. The van der Waals surface area contributed by atoms with Crippen molar-refractivity contribution in [1.82, 2.24) is 4.98 Å². The van der Waals surface area contributed by atoms with Gasteiger partial charge in [-0.25, -0.2) is 4.98 Å². The van der Waals surface area contributed by atoms with Gasteiger partial charge in [-0.1, -0.05) is 0 Å². The van der Waals surface area contributed by atoms with E-state index in [1.807, 2.05) is 6.07 Å². The molecule has 0 amide bonds. The first-order valence-corrected chi connectivity index (χ1v) is 7.40. The Hall–Kier alpha value is -1.21. The third-order valence-corrected chi connectivity index (χ3v) is 3.63. The van der Waals surface area contributed by atoms with Crippen LogP contribution in [0.1, 0.15) is 29.7 Å². The van der Waals surface area contributed by atoms with Gasteiger partial charge in [0, 0.05) is 18.0 Å². The zero-order valence-corrected chi connectivity index (χ0v) is 10.9. The Morgan fingerprint density at radius 1 is 1.47 bits per heavy atom. The number of nitrogens with one attached hydrogen (secondary N) is 1. The number of aromatic nitrogens is 1. The number of nitrogens with zero attached hydrogens (tertiary/aromatic N) is 2. The fraction of sp³-hybridized carbons (Fsp3) is 0.538. The summed E-state index contributed by atoms with van der Waals surface area (Å²) in [7, 11) is 0. The van der Waals surface area contributed by atoms with Crippen LogP contribution in [0.3, 0.4) is 0 Å². The van der Waals surface area contributed by atoms with Crippen molar-refractivity contribution in [3.05, 3.63) is 22.9 Å². The van der Waals surface area contributed by atoms with E-state index < -0.39 is 0 Å². The van der Waals surface area contributed by atoms with Crippen LogP contribution in [0.2, 0.25) is 0 Å². The molecule has 1 N–H and O–H groups in total. The molecule has 1 aromatic rings. The summed E-state index contributed by atoms with van der Waals surface area (Å²) >= 11 is 1.79. The van der Waals surface area contributed by atoms with Crippen molar-refractivity contribution in [1.29, 1.82) is 5.26 Å². The fourth-order valence-corrected chi connectivity index (χ4v) is 2.43. The molecule has 0 radical (unpaired) electrons. The smallest absolute Gasteiger partial charge is 0.144 e. The summed E-state index contributed by atoms with van der Waals surface area (Å²) in [5, 5.41) is 12.4. The maximum Gasteiger partial charge on any atom is 0.144 e. The number of pyridine rings is 1. The highest BCUT2D eigenvalue weighted by atomic mass is 32.2. The predicted octanol–water partition coefficient (Wildman–Crippen LogP) is 2.61. The molecular weight excluding hydrogens is 230 g/mol. The molecule has 1 aromatic heterocycles. The molecule has 90 valence electrons. The summed E-state index contributed by atoms with van der Waals surface area (Å²) in [6.45, 7) is 0.863. The summed E-state index contributed by atoms with van der Waals surface area (Å²) < 4.78 is 0. The molecule has 0 unspecified atom stereocenters. The average Bonchev–Trinajstić information content (AvgIpc) is 2.38. The van der Waals surface area contributed by atoms with Crippen molar-refractivity contribution in [3.63, 3.8) is 0 Å². The minimum Gasteiger partial charge on any atom is -0.368 e. The van der Waals surface area contributed by atoms with Crippen molar-refractivity contribution in [2.75, 3.05) is 23.9 Å². The Kier molecular flexibility index (Phi) is 4.27. The molecule has 0 spiro atoms. The molecule has 4 heteroatoms. The summed E-state index contributed by atoms with van der Waals surface area (Å²) in [6.07, 6.45) is 6.64. The SMILES string of the molecule is CSCCNc1nc2c(cc1C#N)CCCC2. The van der Waals surface area contributed by atoms with Crippen LogP contribution in [0, 0.1) is 11.3 Å². The van der Waals surface area contributed by atoms with Crippen LogP contribution in [0.15, 0.2) is 6.07 Å². The minimum absolute atomic E-state index is 0.687. The van der Waals surface area contributed by atoms with Gasteiger partial charge in [0.25, 0.3) is 0 Å². The largest absolute Gasteiger partial charge is 0.368 e. The molecule has 0 aliphatic heterocycles. The molecule has 0 saturated heterocycles. The van der Waals surface area contributed by atoms with E-state index in [0.29, 0.717) is 5.56 Å². The Bertz CT molecular complexity index is 437. The van der Waals surface area contributed by atoms with Crippen molar-refractivity contribution in [2.45, 2.75) is 25.7 Å². The Balaban J connectivity index is 2.21. The van der Waals surface area contributed by atoms with E-state index >= 15 is 0 Å². The molecule has 0 saturated carbocycles. The molecule has 1 aliphatic rings. The zero-order chi connectivity index (χ0) is 12.1. The van der Waals surface area contributed by atoms with Gasteiger partial charge in [0.1, 0.15) is 11.9 Å². The van der Waals surface area contributed by atoms with E-state index in [1.54, 1.807) is 11.8 Å². The van der Waals surface area contributed by atoms with Crippen LogP contribution < -0.4 is 5.32 Å². The summed E-state index contributed by atoms with van der Waals surface area (Å²) in [5.41, 5.74) is 3.14. The van der Waals surface area contributed by atoms with E-state index in [9.17, 15) is 0 Å². The number of rotatable bonds is 4. The van der Waals surface area contributed by atoms with Crippen molar-refractivity contribution >= 4 is 17.6 Å². The number of fused-ring (bicyclic) bond motifs is 1. The van der Waals surface area contributed by atoms with Crippen LogP contribution in [0.5, 0.6) is 0 Å². The summed E-state index contributed by atoms with van der Waals surface area (Å²) in [6, 6.07) is 4.26. The van der Waals surface area contributed by atoms with Crippen molar-refractivity contribution < 1.29 is 0 Å². The molecule has 3 nitrogen and oxygen atoms in total. The first-order chi connectivity index (χ1) is 8.35. The second-order valence-corrected chi connectivity index (χ2v) is 5.21. The lowest BCUT2D eigenvalue weighted by Gasteiger charge is -2.17. The van der Waals surface area contributed by atoms with Gasteiger partial charge in [-0.15, -0.1) is 0 Å². The molecule has 1 heterocycles. The third kappa shape index (κ3) is 2.92. The Morgan fingerprint density at radius 3 is 3.06 bits per heavy atom. The highest BCUT2D eigenvalue weighted by Gasteiger charge is 2.14. The number of nitriles is 1. The fourth-order valence-electron chi connectivity index (χ4n) is 2.13. The molecular formula is C13H17N3S. The molecule has 1 aliphatic carbocycles. The molecule has 0 bridgehead atoms. The maximum atomic E-state index is 9.14. The maximum absolute atomic E-state index is 9.14. The number of hydrogen-bond donors (Lipinski definition) is 1. The lowest BCUT2D eigenvalue weighted by Crippen LogP contribution is -2.12. The van der Waals surface area contributed by atoms with E-state index in [1.165, 1.54) is 24.1 Å². The normalized spacial score (nSPS) is 13.9. The highest BCUT2D eigenvalue weighted by molar-refractivity contribution is 7.98. The van der Waals surface area contributed by atoms with Gasteiger partial charge in [0.15, 0.2) is 0 Å². The Morgan fingerprint density at radius 2 is 2.29 bits per heavy atom. The van der Waals surface area contributed by atoms with Gasteiger partial charge in [0.05, 0.1) is 5.56 Å². The first kappa shape index (κ1) is 12.3. The van der Waals surface area contributed by atoms with E-state index in [0.717, 1.165) is 31.0 Å². The van der Waals surface area contributed by atoms with Gasteiger partial charge < -0.3 is 5.32 Å². The predicted molar refractivity (Wildman–Crippen MR) is 72.5 cm³/mol. The third-order valence-electron chi connectivity index (χ3n) is 3.02. The quantitative estimate of drug-likeness (QED) is 0.831. The highest BCUT2D eigenvalue weighted by Crippen LogP contribution is 2.24. The van der Waals surface area contributed by atoms with Crippen molar-refractivity contribution in [3.8, 4) is 6.07 Å². The number of thioether (sulfide) groups is 1. The van der Waals surface area contributed by atoms with Gasteiger partial charge in [-0.05, 0) is 43.6 Å². The van der Waals surface area contributed by atoms with Crippen LogP contribution in [0.4, 0.5) is 5.82 Å². The molecule has 0 fully saturated rings. The Labute approximate surface area is 107 Å². The van der Waals surface area contributed by atoms with Crippen LogP contribution in [-0.2, 0) is 12.8 Å². The number of hydrogen-bond acceptors (Lipinski definition) is 4. The van der Waals surface area contributed by atoms with E-state index in [-0.39, 0.29) is 0 Å². The average molecular weight is 247 g/mol. The lowest BCUT2D eigenvalue weighted by molar-refractivity contribution is 0.668. The van der Waals surface area contributed by atoms with Crippen LogP contribution in [-0.4, -0.2) is 23.5 Å². The molecule has 2 rings (SSSR count). The van der Waals surface area contributed by atoms with Crippen LogP contribution >= 0.6 is 11.8 Å². The molecule has 0 aromatic carbocycles. The summed E-state index contributed by atoms with van der Waals surface area (Å²) in [5.74, 6) is 1.80. The second kappa shape index (κ2) is 5.92. The van der Waals surface area contributed by atoms with Gasteiger partial charge in [-0.3, -0.25) is 0 Å². The standard InChI is InChI=1S/C13H17N3S/c1-17-7-6-15-13-11(9-14)8-10-4-2-3-5-12(10)16-13/h8H,2-7H2,1H3,(H,15,16). The minimum atomic E-state index is 0.687. The van der Waals surface area contributed by atoms with Gasteiger partial charge >= 0.3 is 0 Å². The first-order valence-electron chi connectivity index (χ1n) is 6.01. The molecule has 17 heavy (non-hydrogen) atoms. The van der Waals surface area contributed by atoms with Crippen LogP contribution in [0.25, 0.3) is 0 Å². The number of aryl methyl sites for hydroxylation is 2. The molecule has 0 atom stereocenters. The topological polar surface area (TPSA) is 48.7 Å². The summed E-state index contributed by atoms with van der Waals surface area (Å²) in [4.78, 5) is 4.61. The second-order valence-electron chi connectivity index (χ2n) is 4.23. The van der Waals surface area contributed by atoms with Crippen molar-refractivity contribution in [2.24, 2.45) is 0 Å². The van der Waals surface area contributed by atoms with E-state index in [4.69, 9.17) is 5.26 Å².